The highest BCUT2D eigenvalue weighted by Gasteiger charge is 2.25. The number of halogens is 1. The van der Waals surface area contributed by atoms with Crippen molar-refractivity contribution in [2.75, 3.05) is 31.1 Å². The van der Waals surface area contributed by atoms with Crippen LogP contribution in [0.3, 0.4) is 0 Å². The van der Waals surface area contributed by atoms with Gasteiger partial charge in [0.2, 0.25) is 0 Å². The lowest BCUT2D eigenvalue weighted by Gasteiger charge is -2.36. The van der Waals surface area contributed by atoms with Gasteiger partial charge in [0, 0.05) is 37.3 Å². The molecule has 0 bridgehead atoms. The molecule has 2 aromatic rings. The molecule has 2 aromatic carbocycles. The second kappa shape index (κ2) is 7.51. The molecule has 0 N–H and O–H groups in total. The van der Waals surface area contributed by atoms with Crippen molar-refractivity contribution in [2.24, 2.45) is 0 Å². The molecule has 0 spiro atoms. The molecule has 142 valence electrons. The van der Waals surface area contributed by atoms with E-state index in [-0.39, 0.29) is 11.7 Å². The Hall–Kier alpha value is -2.69. The van der Waals surface area contributed by atoms with E-state index in [1.807, 2.05) is 42.7 Å². The van der Waals surface area contributed by atoms with Gasteiger partial charge in [-0.15, -0.1) is 0 Å². The molecule has 0 unspecified atom stereocenters. The summed E-state index contributed by atoms with van der Waals surface area (Å²) in [6.07, 6.45) is 0. The third-order valence-electron chi connectivity index (χ3n) is 5.15. The fraction of sp³-hybridized carbons (Fsp3) is 0.364. The van der Waals surface area contributed by atoms with E-state index < -0.39 is 5.82 Å². The van der Waals surface area contributed by atoms with E-state index in [0.717, 1.165) is 22.3 Å². The zero-order chi connectivity index (χ0) is 19.7. The second-order valence-electron chi connectivity index (χ2n) is 7.28. The minimum atomic E-state index is -0.396. The van der Waals surface area contributed by atoms with Crippen LogP contribution in [-0.4, -0.2) is 42.8 Å². The number of Topliss-reactive ketones (excluding diaryl/α,β-unsaturated/α-hetero) is 1. The number of ketones is 1. The number of carbonyl (C=O) groups excluding carboxylic acids is 2. The SMILES string of the molecule is CC(=O)c1ccc(N2CCN(C(=O)c3c(C)cc(C)cc3C)CC2)c(F)c1. The summed E-state index contributed by atoms with van der Waals surface area (Å²) in [7, 11) is 0. The molecule has 0 atom stereocenters. The summed E-state index contributed by atoms with van der Waals surface area (Å²) >= 11 is 0. The van der Waals surface area contributed by atoms with Gasteiger partial charge in [0.1, 0.15) is 5.82 Å². The molecule has 1 fully saturated rings. The Kier molecular flexibility index (Phi) is 5.31. The summed E-state index contributed by atoms with van der Waals surface area (Å²) in [6, 6.07) is 8.65. The van der Waals surface area contributed by atoms with Crippen LogP contribution >= 0.6 is 0 Å². The Morgan fingerprint density at radius 1 is 0.926 bits per heavy atom. The van der Waals surface area contributed by atoms with Crippen LogP contribution in [0.5, 0.6) is 0 Å². The molecular formula is C22H25FN2O2. The van der Waals surface area contributed by atoms with Gasteiger partial charge in [0.15, 0.2) is 5.78 Å². The number of benzene rings is 2. The average molecular weight is 368 g/mol. The highest BCUT2D eigenvalue weighted by Crippen LogP contribution is 2.24. The largest absolute Gasteiger partial charge is 0.366 e. The van der Waals surface area contributed by atoms with Crippen LogP contribution in [0.1, 0.15) is 44.3 Å². The molecular weight excluding hydrogens is 343 g/mol. The maximum absolute atomic E-state index is 14.4. The van der Waals surface area contributed by atoms with Gasteiger partial charge in [-0.25, -0.2) is 4.39 Å². The molecule has 4 nitrogen and oxygen atoms in total. The van der Waals surface area contributed by atoms with Crippen molar-refractivity contribution in [3.05, 3.63) is 64.0 Å². The average Bonchev–Trinajstić information content (AvgIpc) is 2.60. The van der Waals surface area contributed by atoms with Gasteiger partial charge in [-0.05, 0) is 57.0 Å². The van der Waals surface area contributed by atoms with Crippen molar-refractivity contribution in [1.82, 2.24) is 4.90 Å². The second-order valence-corrected chi connectivity index (χ2v) is 7.28. The van der Waals surface area contributed by atoms with Crippen LogP contribution in [0.4, 0.5) is 10.1 Å². The normalized spacial score (nSPS) is 14.4. The molecule has 0 aromatic heterocycles. The number of rotatable bonds is 3. The maximum atomic E-state index is 14.4. The number of hydrogen-bond acceptors (Lipinski definition) is 3. The summed E-state index contributed by atoms with van der Waals surface area (Å²) in [4.78, 5) is 28.1. The summed E-state index contributed by atoms with van der Waals surface area (Å²) in [6.45, 7) is 9.59. The van der Waals surface area contributed by atoms with Crippen molar-refractivity contribution in [3.63, 3.8) is 0 Å². The predicted molar refractivity (Wildman–Crippen MR) is 105 cm³/mol. The standard InChI is InChI=1S/C22H25FN2O2/c1-14-11-15(2)21(16(3)12-14)22(27)25-9-7-24(8-10-25)20-6-5-18(17(4)26)13-19(20)23/h5-6,11-13H,7-10H2,1-4H3. The number of amides is 1. The van der Waals surface area contributed by atoms with Crippen LogP contribution < -0.4 is 4.90 Å². The Bertz CT molecular complexity index is 876. The van der Waals surface area contributed by atoms with Gasteiger partial charge in [0.05, 0.1) is 5.69 Å². The molecule has 1 saturated heterocycles. The first-order chi connectivity index (χ1) is 12.8. The molecule has 0 aliphatic carbocycles. The molecule has 5 heteroatoms. The van der Waals surface area contributed by atoms with E-state index in [0.29, 0.717) is 37.4 Å². The lowest BCUT2D eigenvalue weighted by molar-refractivity contribution is 0.0745. The molecule has 1 heterocycles. The quantitative estimate of drug-likeness (QED) is 0.771. The van der Waals surface area contributed by atoms with Gasteiger partial charge in [-0.2, -0.15) is 0 Å². The lowest BCUT2D eigenvalue weighted by atomic mass is 9.98. The zero-order valence-corrected chi connectivity index (χ0v) is 16.3. The molecule has 1 aliphatic rings. The number of carbonyl (C=O) groups is 2. The highest BCUT2D eigenvalue weighted by molar-refractivity contribution is 5.97. The van der Waals surface area contributed by atoms with Gasteiger partial charge in [-0.3, -0.25) is 9.59 Å². The van der Waals surface area contributed by atoms with Crippen molar-refractivity contribution in [3.8, 4) is 0 Å². The molecule has 27 heavy (non-hydrogen) atoms. The Labute approximate surface area is 159 Å². The van der Waals surface area contributed by atoms with E-state index >= 15 is 0 Å². The van der Waals surface area contributed by atoms with Gasteiger partial charge in [-0.1, -0.05) is 17.7 Å². The van der Waals surface area contributed by atoms with Crippen LogP contribution in [0.2, 0.25) is 0 Å². The van der Waals surface area contributed by atoms with Crippen LogP contribution in [0.25, 0.3) is 0 Å². The Morgan fingerprint density at radius 2 is 1.52 bits per heavy atom. The van der Waals surface area contributed by atoms with E-state index in [1.54, 1.807) is 12.1 Å². The molecule has 3 rings (SSSR count). The fourth-order valence-corrected chi connectivity index (χ4v) is 3.81. The summed E-state index contributed by atoms with van der Waals surface area (Å²) in [5.74, 6) is -0.510. The molecule has 0 saturated carbocycles. The van der Waals surface area contributed by atoms with Crippen molar-refractivity contribution in [2.45, 2.75) is 27.7 Å². The summed E-state index contributed by atoms with van der Waals surface area (Å²) in [5.41, 5.74) is 4.75. The van der Waals surface area contributed by atoms with E-state index in [9.17, 15) is 14.0 Å². The van der Waals surface area contributed by atoms with Crippen molar-refractivity contribution >= 4 is 17.4 Å². The Morgan fingerprint density at radius 3 is 2.04 bits per heavy atom. The number of aryl methyl sites for hydroxylation is 3. The van der Waals surface area contributed by atoms with Crippen molar-refractivity contribution in [1.29, 1.82) is 0 Å². The zero-order valence-electron chi connectivity index (χ0n) is 16.3. The van der Waals surface area contributed by atoms with Crippen molar-refractivity contribution < 1.29 is 14.0 Å². The highest BCUT2D eigenvalue weighted by atomic mass is 19.1. The summed E-state index contributed by atoms with van der Waals surface area (Å²) in [5, 5.41) is 0. The number of hydrogen-bond donors (Lipinski definition) is 0. The summed E-state index contributed by atoms with van der Waals surface area (Å²) < 4.78 is 14.4. The maximum Gasteiger partial charge on any atom is 0.254 e. The monoisotopic (exact) mass is 368 g/mol. The number of anilines is 1. The van der Waals surface area contributed by atoms with Crippen LogP contribution in [0, 0.1) is 26.6 Å². The van der Waals surface area contributed by atoms with Gasteiger partial charge < -0.3 is 9.80 Å². The molecule has 1 amide bonds. The van der Waals surface area contributed by atoms with Gasteiger partial charge in [0.25, 0.3) is 5.91 Å². The van der Waals surface area contributed by atoms with E-state index in [2.05, 4.69) is 0 Å². The van der Waals surface area contributed by atoms with E-state index in [1.165, 1.54) is 13.0 Å². The number of nitrogens with zero attached hydrogens (tertiary/aromatic N) is 2. The minimum absolute atomic E-state index is 0.0389. The first-order valence-electron chi connectivity index (χ1n) is 9.20. The minimum Gasteiger partial charge on any atom is -0.366 e. The van der Waals surface area contributed by atoms with Gasteiger partial charge >= 0.3 is 0 Å². The lowest BCUT2D eigenvalue weighted by Crippen LogP contribution is -2.49. The molecule has 0 radical (unpaired) electrons. The smallest absolute Gasteiger partial charge is 0.254 e. The van der Waals surface area contributed by atoms with Crippen LogP contribution in [0.15, 0.2) is 30.3 Å². The first-order valence-corrected chi connectivity index (χ1v) is 9.20. The van der Waals surface area contributed by atoms with Crippen LogP contribution in [-0.2, 0) is 0 Å². The topological polar surface area (TPSA) is 40.6 Å². The third-order valence-corrected chi connectivity index (χ3v) is 5.15. The fourth-order valence-electron chi connectivity index (χ4n) is 3.81. The first kappa shape index (κ1) is 19.1. The number of piperazine rings is 1. The predicted octanol–water partition coefficient (Wildman–Crippen LogP) is 3.92. The Balaban J connectivity index is 1.72. The molecule has 1 aliphatic heterocycles. The third kappa shape index (κ3) is 3.87. The van der Waals surface area contributed by atoms with E-state index in [4.69, 9.17) is 0 Å².